The highest BCUT2D eigenvalue weighted by molar-refractivity contribution is 6.04. The number of rotatable bonds is 5. The first-order valence-electron chi connectivity index (χ1n) is 10.0. The predicted molar refractivity (Wildman–Crippen MR) is 109 cm³/mol. The molecule has 1 aliphatic heterocycles. The molecule has 0 unspecified atom stereocenters. The summed E-state index contributed by atoms with van der Waals surface area (Å²) < 4.78 is 1.79. The van der Waals surface area contributed by atoms with Crippen molar-refractivity contribution in [3.63, 3.8) is 0 Å². The van der Waals surface area contributed by atoms with E-state index in [1.54, 1.807) is 23.3 Å². The molecule has 29 heavy (non-hydrogen) atoms. The number of hydrogen-bond donors (Lipinski definition) is 1. The van der Waals surface area contributed by atoms with Crippen LogP contribution < -0.4 is 0 Å². The zero-order valence-corrected chi connectivity index (χ0v) is 16.6. The van der Waals surface area contributed by atoms with E-state index in [4.69, 9.17) is 0 Å². The lowest BCUT2D eigenvalue weighted by Gasteiger charge is -2.37. The van der Waals surface area contributed by atoms with Crippen LogP contribution in [0, 0.1) is 5.92 Å². The fourth-order valence-corrected chi connectivity index (χ4v) is 4.57. The Morgan fingerprint density at radius 3 is 2.62 bits per heavy atom. The maximum absolute atomic E-state index is 13.5. The number of aromatic nitrogens is 3. The number of carbonyl (C=O) groups excluding carboxylic acids is 1. The molecule has 1 aromatic carbocycles. The second kappa shape index (κ2) is 6.52. The van der Waals surface area contributed by atoms with Gasteiger partial charge in [-0.05, 0) is 55.9 Å². The van der Waals surface area contributed by atoms with E-state index in [2.05, 4.69) is 10.1 Å². The van der Waals surface area contributed by atoms with E-state index in [1.165, 1.54) is 0 Å². The van der Waals surface area contributed by atoms with E-state index in [1.807, 2.05) is 55.3 Å². The molecule has 1 amide bonds. The zero-order chi connectivity index (χ0) is 20.2. The quantitative estimate of drug-likeness (QED) is 0.727. The minimum Gasteiger partial charge on any atom is -0.388 e. The molecule has 0 radical (unpaired) electrons. The van der Waals surface area contributed by atoms with Crippen molar-refractivity contribution < 1.29 is 9.90 Å². The summed E-state index contributed by atoms with van der Waals surface area (Å²) in [5, 5.41) is 15.2. The SMILES string of the molecule is CC(C)(O)[C@@H](C1CC1)N1Cc2cccc(-c3cnn(-c4ccncc4)c3)c2C1=O. The normalized spacial score (nSPS) is 17.5. The smallest absolute Gasteiger partial charge is 0.255 e. The average molecular weight is 388 g/mol. The molecule has 3 aromatic rings. The molecule has 1 aliphatic carbocycles. The largest absolute Gasteiger partial charge is 0.388 e. The van der Waals surface area contributed by atoms with Crippen LogP contribution in [0.4, 0.5) is 0 Å². The number of carbonyl (C=O) groups is 1. The molecule has 148 valence electrons. The molecule has 0 bridgehead atoms. The van der Waals surface area contributed by atoms with Gasteiger partial charge in [0.15, 0.2) is 0 Å². The molecule has 5 rings (SSSR count). The second-order valence-electron chi connectivity index (χ2n) is 8.59. The Balaban J connectivity index is 1.52. The van der Waals surface area contributed by atoms with Crippen molar-refractivity contribution in [2.45, 2.75) is 44.9 Å². The number of pyridine rings is 1. The van der Waals surface area contributed by atoms with Crippen molar-refractivity contribution >= 4 is 5.91 Å². The van der Waals surface area contributed by atoms with Crippen LogP contribution in [-0.2, 0) is 6.54 Å². The molecule has 1 fully saturated rings. The van der Waals surface area contributed by atoms with Gasteiger partial charge in [-0.25, -0.2) is 4.68 Å². The van der Waals surface area contributed by atoms with Crippen molar-refractivity contribution in [1.82, 2.24) is 19.7 Å². The third kappa shape index (κ3) is 3.13. The third-order valence-corrected chi connectivity index (χ3v) is 5.92. The molecule has 0 spiro atoms. The molecule has 6 heteroatoms. The summed E-state index contributed by atoms with van der Waals surface area (Å²) in [6.45, 7) is 4.17. The lowest BCUT2D eigenvalue weighted by atomic mass is 9.93. The van der Waals surface area contributed by atoms with Crippen LogP contribution in [0.15, 0.2) is 55.1 Å². The fourth-order valence-electron chi connectivity index (χ4n) is 4.57. The van der Waals surface area contributed by atoms with Gasteiger partial charge in [0.2, 0.25) is 0 Å². The number of nitrogens with zero attached hydrogens (tertiary/aromatic N) is 4. The highest BCUT2D eigenvalue weighted by Crippen LogP contribution is 2.44. The summed E-state index contributed by atoms with van der Waals surface area (Å²) in [6.07, 6.45) is 9.33. The summed E-state index contributed by atoms with van der Waals surface area (Å²) in [5.74, 6) is 0.387. The van der Waals surface area contributed by atoms with Crippen molar-refractivity contribution in [3.05, 3.63) is 66.2 Å². The van der Waals surface area contributed by atoms with Gasteiger partial charge < -0.3 is 10.0 Å². The van der Waals surface area contributed by atoms with Crippen LogP contribution >= 0.6 is 0 Å². The van der Waals surface area contributed by atoms with Gasteiger partial charge in [0.25, 0.3) is 5.91 Å². The van der Waals surface area contributed by atoms with Gasteiger partial charge >= 0.3 is 0 Å². The van der Waals surface area contributed by atoms with Crippen LogP contribution in [0.1, 0.15) is 42.6 Å². The van der Waals surface area contributed by atoms with Crippen LogP contribution in [0.5, 0.6) is 0 Å². The molecule has 6 nitrogen and oxygen atoms in total. The Kier molecular flexibility index (Phi) is 4.06. The molecular weight excluding hydrogens is 364 g/mol. The third-order valence-electron chi connectivity index (χ3n) is 5.92. The van der Waals surface area contributed by atoms with Gasteiger partial charge in [0.1, 0.15) is 0 Å². The number of hydrogen-bond acceptors (Lipinski definition) is 4. The Hall–Kier alpha value is -2.99. The Morgan fingerprint density at radius 2 is 1.93 bits per heavy atom. The Labute approximate surface area is 169 Å². The van der Waals surface area contributed by atoms with Crippen LogP contribution in [0.3, 0.4) is 0 Å². The van der Waals surface area contributed by atoms with E-state index in [9.17, 15) is 9.90 Å². The number of fused-ring (bicyclic) bond motifs is 1. The minimum atomic E-state index is -0.925. The highest BCUT2D eigenvalue weighted by Gasteiger charge is 2.48. The van der Waals surface area contributed by atoms with Crippen molar-refractivity contribution in [2.75, 3.05) is 0 Å². The van der Waals surface area contributed by atoms with Crippen LogP contribution in [0.25, 0.3) is 16.8 Å². The summed E-state index contributed by atoms with van der Waals surface area (Å²) >= 11 is 0. The lowest BCUT2D eigenvalue weighted by Crippen LogP contribution is -2.51. The Bertz CT molecular complexity index is 1060. The molecule has 1 atom stereocenters. The molecular formula is C23H24N4O2. The van der Waals surface area contributed by atoms with Gasteiger partial charge in [0, 0.05) is 30.7 Å². The Morgan fingerprint density at radius 1 is 1.17 bits per heavy atom. The van der Waals surface area contributed by atoms with Gasteiger partial charge in [-0.1, -0.05) is 18.2 Å². The molecule has 3 heterocycles. The van der Waals surface area contributed by atoms with Crippen molar-refractivity contribution in [1.29, 1.82) is 0 Å². The van der Waals surface area contributed by atoms with E-state index < -0.39 is 5.60 Å². The van der Waals surface area contributed by atoms with Gasteiger partial charge in [-0.2, -0.15) is 5.10 Å². The van der Waals surface area contributed by atoms with E-state index in [0.717, 1.165) is 40.8 Å². The van der Waals surface area contributed by atoms with Crippen LogP contribution in [0.2, 0.25) is 0 Å². The van der Waals surface area contributed by atoms with E-state index in [-0.39, 0.29) is 11.9 Å². The summed E-state index contributed by atoms with van der Waals surface area (Å²) in [4.78, 5) is 19.4. The van der Waals surface area contributed by atoms with E-state index >= 15 is 0 Å². The standard InChI is InChI=1S/C23H24N4O2/c1-23(2,29)21(15-6-7-15)26-13-16-4-3-5-19(20(16)22(26)28)17-12-25-27(14-17)18-8-10-24-11-9-18/h3-5,8-12,14-15,21,29H,6-7,13H2,1-2H3/t21-/m1/s1. The maximum Gasteiger partial charge on any atom is 0.255 e. The first kappa shape index (κ1) is 18.1. The van der Waals surface area contributed by atoms with Gasteiger partial charge in [-0.15, -0.1) is 0 Å². The molecule has 0 saturated heterocycles. The zero-order valence-electron chi connectivity index (χ0n) is 16.6. The van der Waals surface area contributed by atoms with E-state index in [0.29, 0.717) is 12.5 Å². The van der Waals surface area contributed by atoms with Gasteiger partial charge in [0.05, 0.1) is 29.1 Å². The van der Waals surface area contributed by atoms with Crippen molar-refractivity contribution in [2.24, 2.45) is 5.92 Å². The molecule has 2 aromatic heterocycles. The monoisotopic (exact) mass is 388 g/mol. The topological polar surface area (TPSA) is 71.2 Å². The lowest BCUT2D eigenvalue weighted by molar-refractivity contribution is -0.0224. The molecule has 1 N–H and O–H groups in total. The highest BCUT2D eigenvalue weighted by atomic mass is 16.3. The summed E-state index contributed by atoms with van der Waals surface area (Å²) in [5.41, 5.74) is 3.53. The summed E-state index contributed by atoms with van der Waals surface area (Å²) in [7, 11) is 0. The van der Waals surface area contributed by atoms with Crippen LogP contribution in [-0.4, -0.2) is 42.3 Å². The maximum atomic E-state index is 13.5. The van der Waals surface area contributed by atoms with Gasteiger partial charge in [-0.3, -0.25) is 9.78 Å². The first-order valence-corrected chi connectivity index (χ1v) is 10.0. The summed E-state index contributed by atoms with van der Waals surface area (Å²) in [6, 6.07) is 9.61. The number of benzene rings is 1. The minimum absolute atomic E-state index is 0.00582. The number of aliphatic hydroxyl groups is 1. The average Bonchev–Trinajstić information content (AvgIpc) is 3.29. The number of amides is 1. The fraction of sp³-hybridized carbons (Fsp3) is 0.348. The molecule has 2 aliphatic rings. The molecule has 1 saturated carbocycles. The second-order valence-corrected chi connectivity index (χ2v) is 8.59. The van der Waals surface area contributed by atoms with Crippen molar-refractivity contribution in [3.8, 4) is 16.8 Å². The first-order chi connectivity index (χ1) is 13.9. The predicted octanol–water partition coefficient (Wildman–Crippen LogP) is 3.44.